The maximum atomic E-state index is 13.0. The summed E-state index contributed by atoms with van der Waals surface area (Å²) < 4.78 is 0. The van der Waals surface area contributed by atoms with Crippen LogP contribution in [-0.2, 0) is 0 Å². The Kier molecular flexibility index (Phi) is 7.12. The van der Waals surface area contributed by atoms with E-state index >= 15 is 0 Å². The van der Waals surface area contributed by atoms with E-state index in [1.54, 1.807) is 54.7 Å². The van der Waals surface area contributed by atoms with Crippen LogP contribution in [0.2, 0.25) is 5.02 Å². The summed E-state index contributed by atoms with van der Waals surface area (Å²) >= 11 is 5.95. The van der Waals surface area contributed by atoms with Gasteiger partial charge >= 0.3 is 5.97 Å². The largest absolute Gasteiger partial charge is 0.478 e. The monoisotopic (exact) mass is 499 g/mol. The van der Waals surface area contributed by atoms with Crippen LogP contribution in [0.5, 0.6) is 0 Å². The average Bonchev–Trinajstić information content (AvgIpc) is 2.89. The third-order valence-corrected chi connectivity index (χ3v) is 5.91. The number of benzene rings is 3. The molecule has 4 aromatic rings. The zero-order chi connectivity index (χ0) is 25.8. The van der Waals surface area contributed by atoms with Gasteiger partial charge in [0, 0.05) is 28.9 Å². The molecule has 7 nitrogen and oxygen atoms in total. The number of carbonyl (C=O) groups is 3. The zero-order valence-corrected chi connectivity index (χ0v) is 20.3. The number of nitrogens with zero attached hydrogens (tertiary/aromatic N) is 2. The van der Waals surface area contributed by atoms with Gasteiger partial charge < -0.3 is 15.3 Å². The number of aryl methyl sites for hydroxylation is 1. The minimum absolute atomic E-state index is 0.0949. The molecule has 36 heavy (non-hydrogen) atoms. The lowest BCUT2D eigenvalue weighted by atomic mass is 10.0. The number of pyridine rings is 1. The van der Waals surface area contributed by atoms with Crippen molar-refractivity contribution in [1.29, 1.82) is 0 Å². The molecule has 0 saturated carbocycles. The van der Waals surface area contributed by atoms with E-state index < -0.39 is 17.7 Å². The standard InChI is InChI=1S/C28H22ClN3O4/c1-17-3-5-18(6-4-17)27(34)31-24-13-7-19(15-23(24)28(35)36)26(33)25-14-12-22(16-30-25)32(2)21-10-8-20(29)9-11-21/h3-16H,1-2H3,(H,31,34)(H,35,36). The third kappa shape index (κ3) is 5.42. The van der Waals surface area contributed by atoms with Crippen molar-refractivity contribution in [2.24, 2.45) is 0 Å². The molecule has 0 atom stereocenters. The fourth-order valence-electron chi connectivity index (χ4n) is 3.55. The lowest BCUT2D eigenvalue weighted by Crippen LogP contribution is -2.16. The molecule has 0 radical (unpaired) electrons. The number of ketones is 1. The summed E-state index contributed by atoms with van der Waals surface area (Å²) in [6, 6.07) is 21.6. The molecule has 2 N–H and O–H groups in total. The van der Waals surface area contributed by atoms with Crippen LogP contribution < -0.4 is 10.2 Å². The minimum atomic E-state index is -1.27. The molecule has 0 aliphatic carbocycles. The van der Waals surface area contributed by atoms with Crippen LogP contribution >= 0.6 is 11.6 Å². The molecule has 8 heteroatoms. The summed E-state index contributed by atoms with van der Waals surface area (Å²) in [5, 5.41) is 12.9. The molecule has 0 aliphatic heterocycles. The Bertz CT molecular complexity index is 1430. The molecular formula is C28H22ClN3O4. The number of carboxylic acids is 1. The second-order valence-corrected chi connectivity index (χ2v) is 8.59. The summed E-state index contributed by atoms with van der Waals surface area (Å²) in [7, 11) is 1.87. The Balaban J connectivity index is 1.54. The lowest BCUT2D eigenvalue weighted by Gasteiger charge is -2.19. The highest BCUT2D eigenvalue weighted by Gasteiger charge is 2.19. The second-order valence-electron chi connectivity index (χ2n) is 8.15. The molecule has 1 heterocycles. The van der Waals surface area contributed by atoms with E-state index in [2.05, 4.69) is 10.3 Å². The topological polar surface area (TPSA) is 99.6 Å². The first kappa shape index (κ1) is 24.6. The van der Waals surface area contributed by atoms with Gasteiger partial charge in [0.05, 0.1) is 23.1 Å². The molecule has 4 rings (SSSR count). The lowest BCUT2D eigenvalue weighted by molar-refractivity contribution is 0.0698. The molecule has 1 aromatic heterocycles. The predicted octanol–water partition coefficient (Wildman–Crippen LogP) is 5.99. The van der Waals surface area contributed by atoms with Crippen molar-refractivity contribution in [2.45, 2.75) is 6.92 Å². The Morgan fingerprint density at radius 3 is 2.11 bits per heavy atom. The SMILES string of the molecule is Cc1ccc(C(=O)Nc2ccc(C(=O)c3ccc(N(C)c4ccc(Cl)cc4)cn3)cc2C(=O)O)cc1. The molecular weight excluding hydrogens is 478 g/mol. The van der Waals surface area contributed by atoms with Gasteiger partial charge in [-0.1, -0.05) is 29.3 Å². The number of hydrogen-bond acceptors (Lipinski definition) is 5. The Morgan fingerprint density at radius 2 is 1.50 bits per heavy atom. The van der Waals surface area contributed by atoms with Gasteiger partial charge in [0.15, 0.2) is 0 Å². The summed E-state index contributed by atoms with van der Waals surface area (Å²) in [6.07, 6.45) is 1.57. The Labute approximate surface area is 213 Å². The van der Waals surface area contributed by atoms with E-state index in [4.69, 9.17) is 11.6 Å². The van der Waals surface area contributed by atoms with Crippen molar-refractivity contribution in [1.82, 2.24) is 4.98 Å². The van der Waals surface area contributed by atoms with Crippen molar-refractivity contribution >= 4 is 46.3 Å². The number of aromatic nitrogens is 1. The van der Waals surface area contributed by atoms with E-state index in [1.807, 2.05) is 31.0 Å². The molecule has 0 aliphatic rings. The van der Waals surface area contributed by atoms with E-state index in [0.717, 1.165) is 16.9 Å². The number of nitrogens with one attached hydrogen (secondary N) is 1. The van der Waals surface area contributed by atoms with Gasteiger partial charge in [0.1, 0.15) is 5.69 Å². The van der Waals surface area contributed by atoms with Crippen molar-refractivity contribution < 1.29 is 19.5 Å². The van der Waals surface area contributed by atoms with Gasteiger partial charge in [-0.2, -0.15) is 0 Å². The van der Waals surface area contributed by atoms with Crippen LogP contribution in [0.3, 0.4) is 0 Å². The van der Waals surface area contributed by atoms with Crippen LogP contribution in [0.25, 0.3) is 0 Å². The summed E-state index contributed by atoms with van der Waals surface area (Å²) in [5.74, 6) is -2.15. The molecule has 0 fully saturated rings. The number of carbonyl (C=O) groups excluding carboxylic acids is 2. The number of amides is 1. The number of rotatable bonds is 7. The van der Waals surface area contributed by atoms with Gasteiger partial charge in [0.25, 0.3) is 5.91 Å². The van der Waals surface area contributed by atoms with Gasteiger partial charge in [-0.05, 0) is 73.7 Å². The van der Waals surface area contributed by atoms with Gasteiger partial charge in [-0.25, -0.2) is 4.79 Å². The highest BCUT2D eigenvalue weighted by Crippen LogP contribution is 2.25. The quantitative estimate of drug-likeness (QED) is 0.303. The highest BCUT2D eigenvalue weighted by atomic mass is 35.5. The van der Waals surface area contributed by atoms with Gasteiger partial charge in [0.2, 0.25) is 5.78 Å². The fourth-order valence-corrected chi connectivity index (χ4v) is 3.68. The predicted molar refractivity (Wildman–Crippen MR) is 140 cm³/mol. The maximum Gasteiger partial charge on any atom is 0.337 e. The van der Waals surface area contributed by atoms with Crippen molar-refractivity contribution in [2.75, 3.05) is 17.3 Å². The highest BCUT2D eigenvalue weighted by molar-refractivity contribution is 6.30. The van der Waals surface area contributed by atoms with E-state index in [0.29, 0.717) is 10.6 Å². The van der Waals surface area contributed by atoms with Crippen molar-refractivity contribution in [3.8, 4) is 0 Å². The summed E-state index contributed by atoms with van der Waals surface area (Å²) in [6.45, 7) is 1.90. The minimum Gasteiger partial charge on any atom is -0.478 e. The number of halogens is 1. The Morgan fingerprint density at radius 1 is 0.861 bits per heavy atom. The molecule has 3 aromatic carbocycles. The van der Waals surface area contributed by atoms with Crippen LogP contribution in [0.4, 0.5) is 17.1 Å². The second kappa shape index (κ2) is 10.4. The summed E-state index contributed by atoms with van der Waals surface area (Å²) in [4.78, 5) is 43.6. The first-order valence-electron chi connectivity index (χ1n) is 11.0. The first-order chi connectivity index (χ1) is 17.2. The number of carboxylic acid groups (broad SMARTS) is 1. The fraction of sp³-hybridized carbons (Fsp3) is 0.0714. The number of anilines is 3. The molecule has 1 amide bonds. The smallest absolute Gasteiger partial charge is 0.337 e. The normalized spacial score (nSPS) is 10.5. The Hall–Kier alpha value is -4.49. The average molecular weight is 500 g/mol. The summed E-state index contributed by atoms with van der Waals surface area (Å²) in [5.41, 5.74) is 3.26. The maximum absolute atomic E-state index is 13.0. The van der Waals surface area contributed by atoms with Crippen LogP contribution in [0.1, 0.15) is 42.3 Å². The molecule has 0 unspecified atom stereocenters. The van der Waals surface area contributed by atoms with Crippen molar-refractivity contribution in [3.63, 3.8) is 0 Å². The third-order valence-electron chi connectivity index (χ3n) is 5.66. The number of aromatic carboxylic acids is 1. The van der Waals surface area contributed by atoms with Crippen molar-refractivity contribution in [3.05, 3.63) is 118 Å². The molecule has 0 spiro atoms. The van der Waals surface area contributed by atoms with Crippen LogP contribution in [0, 0.1) is 6.92 Å². The molecule has 180 valence electrons. The van der Waals surface area contributed by atoms with E-state index in [-0.39, 0.29) is 22.5 Å². The van der Waals surface area contributed by atoms with Gasteiger partial charge in [-0.15, -0.1) is 0 Å². The van der Waals surface area contributed by atoms with Gasteiger partial charge in [-0.3, -0.25) is 14.6 Å². The van der Waals surface area contributed by atoms with Crippen LogP contribution in [0.15, 0.2) is 85.1 Å². The van der Waals surface area contributed by atoms with E-state index in [9.17, 15) is 19.5 Å². The molecule has 0 saturated heterocycles. The first-order valence-corrected chi connectivity index (χ1v) is 11.4. The van der Waals surface area contributed by atoms with E-state index in [1.165, 1.54) is 18.2 Å². The number of hydrogen-bond donors (Lipinski definition) is 2. The van der Waals surface area contributed by atoms with Crippen LogP contribution in [-0.4, -0.2) is 34.8 Å². The zero-order valence-electron chi connectivity index (χ0n) is 19.5. The molecule has 0 bridgehead atoms.